The van der Waals surface area contributed by atoms with Gasteiger partial charge in [0, 0.05) is 12.8 Å². The number of rotatable bonds is 8. The summed E-state index contributed by atoms with van der Waals surface area (Å²) >= 11 is 5.19. The van der Waals surface area contributed by atoms with Gasteiger partial charge >= 0.3 is 7.60 Å². The van der Waals surface area contributed by atoms with Crippen LogP contribution in [-0.2, 0) is 13.8 Å². The van der Waals surface area contributed by atoms with Gasteiger partial charge in [0.15, 0.2) is 4.64 Å². The first-order chi connectivity index (χ1) is 13.6. The molecule has 0 amide bonds. The Morgan fingerprint density at radius 3 is 2.90 bits per heavy atom. The number of nitrogens with zero attached hydrogens (tertiary/aromatic N) is 3. The zero-order valence-corrected chi connectivity index (χ0v) is 18.8. The van der Waals surface area contributed by atoms with Crippen molar-refractivity contribution in [2.45, 2.75) is 83.1 Å². The lowest BCUT2D eigenvalue weighted by Crippen LogP contribution is -2.36. The van der Waals surface area contributed by atoms with E-state index in [1.807, 2.05) is 13.8 Å². The smallest absolute Gasteiger partial charge is 0.331 e. The number of ether oxygens (including phenoxy) is 1. The van der Waals surface area contributed by atoms with Gasteiger partial charge < -0.3 is 24.2 Å². The second kappa shape index (κ2) is 8.53. The van der Waals surface area contributed by atoms with Gasteiger partial charge in [0.1, 0.15) is 17.4 Å². The Kier molecular flexibility index (Phi) is 6.62. The minimum atomic E-state index is -3.78. The first-order valence-electron chi connectivity index (χ1n) is 9.87. The van der Waals surface area contributed by atoms with Gasteiger partial charge in [-0.3, -0.25) is 9.13 Å². The van der Waals surface area contributed by atoms with Crippen LogP contribution >= 0.6 is 19.8 Å². The van der Waals surface area contributed by atoms with Crippen LogP contribution in [0.25, 0.3) is 11.2 Å². The Morgan fingerprint density at radius 2 is 2.24 bits per heavy atom. The Labute approximate surface area is 175 Å². The molecule has 0 bridgehead atoms. The van der Waals surface area contributed by atoms with E-state index in [0.29, 0.717) is 41.5 Å². The molecule has 162 valence electrons. The Hall–Kier alpha value is -1.16. The van der Waals surface area contributed by atoms with Crippen molar-refractivity contribution in [1.82, 2.24) is 19.5 Å². The molecule has 2 aromatic heterocycles. The summed E-state index contributed by atoms with van der Waals surface area (Å²) in [5.41, 5.74) is -0.103. The van der Waals surface area contributed by atoms with Crippen LogP contribution in [-0.4, -0.2) is 53.0 Å². The number of aliphatic hydroxyl groups is 1. The number of aliphatic hydroxyl groups excluding tert-OH is 1. The van der Waals surface area contributed by atoms with Crippen molar-refractivity contribution < 1.29 is 23.8 Å². The van der Waals surface area contributed by atoms with Crippen LogP contribution in [0.3, 0.4) is 0 Å². The topological polar surface area (TPSA) is 122 Å². The molecule has 2 aromatic rings. The molecule has 1 saturated heterocycles. The third kappa shape index (κ3) is 4.62. The SMILES string of the molecule is CCC(C)P(=O)(O)OC(C)(CC)CC1OC(n2cnc3c(=S)nc[nH]c32)CC1O. The van der Waals surface area contributed by atoms with Crippen LogP contribution in [0.1, 0.15) is 59.6 Å². The van der Waals surface area contributed by atoms with Gasteiger partial charge in [-0.2, -0.15) is 0 Å². The normalized spacial score (nSPS) is 27.6. The molecule has 0 spiro atoms. The summed E-state index contributed by atoms with van der Waals surface area (Å²) in [5.74, 6) is 0. The molecule has 0 aliphatic carbocycles. The maximum absolute atomic E-state index is 12.6. The van der Waals surface area contributed by atoms with E-state index in [1.165, 1.54) is 6.33 Å². The van der Waals surface area contributed by atoms with E-state index in [4.69, 9.17) is 21.5 Å². The second-order valence-electron chi connectivity index (χ2n) is 7.91. The molecule has 6 unspecified atom stereocenters. The van der Waals surface area contributed by atoms with Crippen molar-refractivity contribution in [3.63, 3.8) is 0 Å². The predicted molar refractivity (Wildman–Crippen MR) is 111 cm³/mol. The Morgan fingerprint density at radius 1 is 1.52 bits per heavy atom. The number of fused-ring (bicyclic) bond motifs is 1. The van der Waals surface area contributed by atoms with E-state index in [1.54, 1.807) is 24.7 Å². The number of aromatic nitrogens is 4. The lowest BCUT2D eigenvalue weighted by atomic mass is 9.93. The van der Waals surface area contributed by atoms with Crippen molar-refractivity contribution in [3.05, 3.63) is 17.3 Å². The number of imidazole rings is 1. The molecule has 1 aliphatic rings. The summed E-state index contributed by atoms with van der Waals surface area (Å²) < 4.78 is 26.6. The van der Waals surface area contributed by atoms with Gasteiger partial charge in [0.25, 0.3) is 0 Å². The highest BCUT2D eigenvalue weighted by molar-refractivity contribution is 7.71. The summed E-state index contributed by atoms with van der Waals surface area (Å²) in [7, 11) is -3.78. The molecule has 3 N–H and O–H groups in total. The Balaban J connectivity index is 1.77. The average molecular weight is 444 g/mol. The largest absolute Gasteiger partial charge is 0.390 e. The molecular weight excluding hydrogens is 415 g/mol. The van der Waals surface area contributed by atoms with Gasteiger partial charge in [-0.1, -0.05) is 33.0 Å². The van der Waals surface area contributed by atoms with Gasteiger partial charge in [0.05, 0.1) is 36.1 Å². The van der Waals surface area contributed by atoms with Gasteiger partial charge in [-0.25, -0.2) is 9.97 Å². The summed E-state index contributed by atoms with van der Waals surface area (Å²) in [5, 5.41) is 10.6. The zero-order valence-electron chi connectivity index (χ0n) is 17.1. The van der Waals surface area contributed by atoms with E-state index in [-0.39, 0.29) is 0 Å². The quantitative estimate of drug-likeness (QED) is 0.416. The highest BCUT2D eigenvalue weighted by Gasteiger charge is 2.43. The molecule has 0 aromatic carbocycles. The van der Waals surface area contributed by atoms with Gasteiger partial charge in [-0.05, 0) is 19.8 Å². The van der Waals surface area contributed by atoms with Crippen molar-refractivity contribution in [2.75, 3.05) is 0 Å². The van der Waals surface area contributed by atoms with E-state index in [0.717, 1.165) is 0 Å². The zero-order chi connectivity index (χ0) is 21.4. The second-order valence-corrected chi connectivity index (χ2v) is 10.5. The summed E-state index contributed by atoms with van der Waals surface area (Å²) in [6.07, 6.45) is 3.11. The Bertz CT molecular complexity index is 965. The molecule has 0 saturated carbocycles. The van der Waals surface area contributed by atoms with Crippen molar-refractivity contribution in [2.24, 2.45) is 0 Å². The fourth-order valence-corrected chi connectivity index (χ4v) is 5.15. The van der Waals surface area contributed by atoms with Crippen molar-refractivity contribution in [1.29, 1.82) is 0 Å². The number of hydrogen-bond acceptors (Lipinski definition) is 7. The average Bonchev–Trinajstić information content (AvgIpc) is 3.25. The molecule has 11 heteroatoms. The first kappa shape index (κ1) is 22.5. The van der Waals surface area contributed by atoms with Crippen LogP contribution in [0, 0.1) is 4.64 Å². The van der Waals surface area contributed by atoms with Crippen LogP contribution in [0.15, 0.2) is 12.7 Å². The lowest BCUT2D eigenvalue weighted by molar-refractivity contribution is -0.0616. The highest BCUT2D eigenvalue weighted by atomic mass is 32.1. The van der Waals surface area contributed by atoms with Gasteiger partial charge in [-0.15, -0.1) is 0 Å². The van der Waals surface area contributed by atoms with Crippen LogP contribution < -0.4 is 0 Å². The van der Waals surface area contributed by atoms with E-state index in [9.17, 15) is 14.6 Å². The molecule has 0 radical (unpaired) electrons. The van der Waals surface area contributed by atoms with Crippen molar-refractivity contribution in [3.8, 4) is 0 Å². The number of aromatic amines is 1. The van der Waals surface area contributed by atoms with E-state index >= 15 is 0 Å². The minimum Gasteiger partial charge on any atom is -0.390 e. The fourth-order valence-electron chi connectivity index (χ4n) is 3.47. The third-order valence-corrected chi connectivity index (χ3v) is 8.25. The van der Waals surface area contributed by atoms with Crippen LogP contribution in [0.4, 0.5) is 0 Å². The molecule has 9 nitrogen and oxygen atoms in total. The molecule has 6 atom stereocenters. The molecule has 3 heterocycles. The summed E-state index contributed by atoms with van der Waals surface area (Å²) in [4.78, 5) is 21.7. The summed E-state index contributed by atoms with van der Waals surface area (Å²) in [6.45, 7) is 7.24. The molecule has 3 rings (SSSR count). The predicted octanol–water partition coefficient (Wildman–Crippen LogP) is 3.70. The number of nitrogens with one attached hydrogen (secondary N) is 1. The maximum atomic E-state index is 12.6. The summed E-state index contributed by atoms with van der Waals surface area (Å²) in [6, 6.07) is 0. The number of hydrogen-bond donors (Lipinski definition) is 3. The standard InChI is InChI=1S/C18H29N4O5PS/c1-5-11(3)28(24,25)27-18(4,6-2)8-13-12(23)7-14(26-13)22-10-21-15-16(22)19-9-20-17(15)29/h9-14,23H,5-8H2,1-4H3,(H,24,25)(H,19,20,29). The van der Waals surface area contributed by atoms with Crippen LogP contribution in [0.2, 0.25) is 0 Å². The van der Waals surface area contributed by atoms with Crippen LogP contribution in [0.5, 0.6) is 0 Å². The maximum Gasteiger partial charge on any atom is 0.331 e. The fraction of sp³-hybridized carbons (Fsp3) is 0.722. The number of H-pyrrole nitrogens is 1. The molecular formula is C18H29N4O5PS. The molecule has 1 aliphatic heterocycles. The van der Waals surface area contributed by atoms with E-state index in [2.05, 4.69) is 15.0 Å². The van der Waals surface area contributed by atoms with Crippen molar-refractivity contribution >= 4 is 31.0 Å². The monoisotopic (exact) mass is 444 g/mol. The van der Waals surface area contributed by atoms with Gasteiger partial charge in [0.2, 0.25) is 0 Å². The minimum absolute atomic E-state index is 0.298. The lowest BCUT2D eigenvalue weighted by Gasteiger charge is -2.35. The van der Waals surface area contributed by atoms with E-state index < -0.39 is 37.3 Å². The first-order valence-corrected chi connectivity index (χ1v) is 11.9. The molecule has 29 heavy (non-hydrogen) atoms. The molecule has 1 fully saturated rings. The highest BCUT2D eigenvalue weighted by Crippen LogP contribution is 2.53. The third-order valence-electron chi connectivity index (χ3n) is 5.77.